The van der Waals surface area contributed by atoms with E-state index in [0.717, 1.165) is 11.1 Å². The Labute approximate surface area is 173 Å². The fourth-order valence-corrected chi connectivity index (χ4v) is 4.04. The van der Waals surface area contributed by atoms with Crippen LogP contribution < -0.4 is 4.90 Å². The van der Waals surface area contributed by atoms with Gasteiger partial charge in [-0.2, -0.15) is 0 Å². The van der Waals surface area contributed by atoms with Gasteiger partial charge in [0, 0.05) is 18.7 Å². The van der Waals surface area contributed by atoms with E-state index in [1.165, 1.54) is 17.2 Å². The second-order valence-corrected chi connectivity index (χ2v) is 8.00. The molecule has 1 aromatic heterocycles. The van der Waals surface area contributed by atoms with E-state index in [1.807, 2.05) is 0 Å². The molecule has 4 rings (SSSR count). The number of aryl methyl sites for hydroxylation is 2. The number of piperazine rings is 1. The van der Waals surface area contributed by atoms with Crippen molar-refractivity contribution in [1.29, 1.82) is 0 Å². The van der Waals surface area contributed by atoms with E-state index in [2.05, 4.69) is 4.98 Å². The van der Waals surface area contributed by atoms with Crippen LogP contribution in [0.15, 0.2) is 30.5 Å². The fourth-order valence-electron chi connectivity index (χ4n) is 3.83. The van der Waals surface area contributed by atoms with E-state index >= 15 is 0 Å². The summed E-state index contributed by atoms with van der Waals surface area (Å²) >= 11 is 5.98. The average molecular weight is 418 g/mol. The quantitative estimate of drug-likeness (QED) is 0.767. The summed E-state index contributed by atoms with van der Waals surface area (Å²) in [6.07, 6.45) is 1.47. The summed E-state index contributed by atoms with van der Waals surface area (Å²) in [5.74, 6) is -0.304. The highest BCUT2D eigenvalue weighted by Gasteiger charge is 2.47. The lowest BCUT2D eigenvalue weighted by atomic mass is 9.92. The van der Waals surface area contributed by atoms with Gasteiger partial charge in [0.15, 0.2) is 0 Å². The predicted molar refractivity (Wildman–Crippen MR) is 106 cm³/mol. The van der Waals surface area contributed by atoms with Crippen LogP contribution in [0.1, 0.15) is 16.7 Å². The van der Waals surface area contributed by atoms with Crippen molar-refractivity contribution in [1.82, 2.24) is 9.88 Å². The number of aromatic nitrogens is 1. The Kier molecular flexibility index (Phi) is 5.27. The molecule has 0 N–H and O–H groups in total. The highest BCUT2D eigenvalue weighted by atomic mass is 35.5. The lowest BCUT2D eigenvalue weighted by molar-refractivity contribution is -0.155. The highest BCUT2D eigenvalue weighted by Crippen LogP contribution is 2.31. The van der Waals surface area contributed by atoms with Crippen LogP contribution in [0.4, 0.5) is 10.2 Å². The second-order valence-electron chi connectivity index (χ2n) is 7.57. The van der Waals surface area contributed by atoms with Crippen molar-refractivity contribution in [2.24, 2.45) is 5.92 Å². The van der Waals surface area contributed by atoms with Crippen molar-refractivity contribution >= 4 is 29.2 Å². The molecule has 0 aliphatic carbocycles. The molecule has 2 saturated heterocycles. The largest absolute Gasteiger partial charge is 0.380 e. The Hall–Kier alpha value is -2.51. The molecule has 2 aliphatic heterocycles. The first-order valence-corrected chi connectivity index (χ1v) is 9.78. The van der Waals surface area contributed by atoms with Gasteiger partial charge in [-0.3, -0.25) is 14.5 Å². The number of amides is 2. The number of carbonyl (C=O) groups excluding carboxylic acids is 2. The van der Waals surface area contributed by atoms with E-state index in [4.69, 9.17) is 16.3 Å². The molecule has 29 heavy (non-hydrogen) atoms. The van der Waals surface area contributed by atoms with Crippen LogP contribution in [-0.4, -0.2) is 47.5 Å². The molecule has 0 unspecified atom stereocenters. The summed E-state index contributed by atoms with van der Waals surface area (Å²) in [6, 6.07) is 5.81. The Balaban J connectivity index is 1.66. The topological polar surface area (TPSA) is 62.7 Å². The Bertz CT molecular complexity index is 980. The number of hydrogen-bond donors (Lipinski definition) is 0. The van der Waals surface area contributed by atoms with Crippen molar-refractivity contribution < 1.29 is 18.7 Å². The summed E-state index contributed by atoms with van der Waals surface area (Å²) < 4.78 is 18.9. The van der Waals surface area contributed by atoms with E-state index < -0.39 is 6.04 Å². The van der Waals surface area contributed by atoms with Crippen molar-refractivity contribution in [2.45, 2.75) is 26.4 Å². The number of halogens is 2. The van der Waals surface area contributed by atoms with E-state index in [1.54, 1.807) is 36.9 Å². The van der Waals surface area contributed by atoms with Crippen molar-refractivity contribution in [2.75, 3.05) is 24.7 Å². The third-order valence-corrected chi connectivity index (χ3v) is 5.63. The third-order valence-electron chi connectivity index (χ3n) is 5.43. The highest BCUT2D eigenvalue weighted by molar-refractivity contribution is 6.30. The van der Waals surface area contributed by atoms with E-state index in [0.29, 0.717) is 29.6 Å². The van der Waals surface area contributed by atoms with Gasteiger partial charge in [0.25, 0.3) is 5.91 Å². The normalized spacial score (nSPS) is 20.2. The first-order valence-electron chi connectivity index (χ1n) is 9.41. The van der Waals surface area contributed by atoms with Crippen LogP contribution in [-0.2, 0) is 20.9 Å². The monoisotopic (exact) mass is 417 g/mol. The number of pyridine rings is 1. The Morgan fingerprint density at radius 2 is 1.97 bits per heavy atom. The molecule has 0 saturated carbocycles. The van der Waals surface area contributed by atoms with E-state index in [9.17, 15) is 14.0 Å². The molecule has 1 aromatic carbocycles. The standard InChI is InChI=1S/C21H21ClFN3O3/c1-12-5-14(3-4-17(12)23)8-25-18(27)9-26(20-13(2)6-16(22)7-24-20)21(28)19(25)15-10-29-11-15/h3-7,15,19H,8-11H2,1-2H3/t19-/m1/s1. The van der Waals surface area contributed by atoms with Crippen molar-refractivity contribution in [3.63, 3.8) is 0 Å². The molecule has 2 fully saturated rings. The van der Waals surface area contributed by atoms with Gasteiger partial charge in [0.2, 0.25) is 5.91 Å². The maximum atomic E-state index is 13.6. The molecular formula is C21H21ClFN3O3. The smallest absolute Gasteiger partial charge is 0.251 e. The van der Waals surface area contributed by atoms with Gasteiger partial charge in [-0.15, -0.1) is 0 Å². The van der Waals surface area contributed by atoms with Crippen LogP contribution in [0.2, 0.25) is 5.02 Å². The molecule has 8 heteroatoms. The molecule has 6 nitrogen and oxygen atoms in total. The summed E-state index contributed by atoms with van der Waals surface area (Å²) in [7, 11) is 0. The van der Waals surface area contributed by atoms with Crippen LogP contribution >= 0.6 is 11.6 Å². The number of carbonyl (C=O) groups is 2. The number of hydrogen-bond acceptors (Lipinski definition) is 4. The van der Waals surface area contributed by atoms with Gasteiger partial charge in [0.05, 0.1) is 18.2 Å². The second kappa shape index (κ2) is 7.72. The van der Waals surface area contributed by atoms with Gasteiger partial charge in [-0.05, 0) is 42.7 Å². The average Bonchev–Trinajstić information content (AvgIpc) is 2.62. The van der Waals surface area contributed by atoms with Crippen LogP contribution in [0, 0.1) is 25.6 Å². The van der Waals surface area contributed by atoms with Crippen LogP contribution in [0.3, 0.4) is 0 Å². The van der Waals surface area contributed by atoms with Gasteiger partial charge in [-0.1, -0.05) is 23.7 Å². The fraction of sp³-hybridized carbons (Fsp3) is 0.381. The Morgan fingerprint density at radius 3 is 2.59 bits per heavy atom. The zero-order chi connectivity index (χ0) is 20.7. The Morgan fingerprint density at radius 1 is 1.21 bits per heavy atom. The molecular weight excluding hydrogens is 397 g/mol. The van der Waals surface area contributed by atoms with Gasteiger partial charge >= 0.3 is 0 Å². The SMILES string of the molecule is Cc1cc(CN2C(=O)CN(c3ncc(Cl)cc3C)C(=O)[C@H]2C2COC2)ccc1F. The first-order chi connectivity index (χ1) is 13.8. The lowest BCUT2D eigenvalue weighted by Crippen LogP contribution is -2.65. The maximum Gasteiger partial charge on any atom is 0.251 e. The summed E-state index contributed by atoms with van der Waals surface area (Å²) in [5, 5.41) is 0.472. The van der Waals surface area contributed by atoms with E-state index in [-0.39, 0.29) is 36.6 Å². The van der Waals surface area contributed by atoms with Crippen LogP contribution in [0.5, 0.6) is 0 Å². The number of anilines is 1. The predicted octanol–water partition coefficient (Wildman–Crippen LogP) is 2.88. The molecule has 3 heterocycles. The number of ether oxygens (including phenoxy) is 1. The van der Waals surface area contributed by atoms with Gasteiger partial charge in [-0.25, -0.2) is 9.37 Å². The first kappa shape index (κ1) is 19.8. The molecule has 2 amide bonds. The molecule has 2 aromatic rings. The summed E-state index contributed by atoms with van der Waals surface area (Å²) in [5.41, 5.74) is 2.01. The molecule has 1 atom stereocenters. The minimum atomic E-state index is -0.646. The number of nitrogens with zero attached hydrogens (tertiary/aromatic N) is 3. The van der Waals surface area contributed by atoms with Gasteiger partial charge < -0.3 is 9.64 Å². The summed E-state index contributed by atoms with van der Waals surface area (Å²) in [6.45, 7) is 4.47. The zero-order valence-electron chi connectivity index (χ0n) is 16.2. The lowest BCUT2D eigenvalue weighted by Gasteiger charge is -2.45. The summed E-state index contributed by atoms with van der Waals surface area (Å²) in [4.78, 5) is 33.8. The molecule has 0 radical (unpaired) electrons. The number of benzene rings is 1. The van der Waals surface area contributed by atoms with Crippen LogP contribution in [0.25, 0.3) is 0 Å². The zero-order valence-corrected chi connectivity index (χ0v) is 16.9. The number of rotatable bonds is 4. The molecule has 0 spiro atoms. The minimum absolute atomic E-state index is 0.0802. The van der Waals surface area contributed by atoms with Crippen molar-refractivity contribution in [3.8, 4) is 0 Å². The minimum Gasteiger partial charge on any atom is -0.380 e. The molecule has 2 aliphatic rings. The molecule has 152 valence electrons. The van der Waals surface area contributed by atoms with Crippen molar-refractivity contribution in [3.05, 3.63) is 58.0 Å². The maximum absolute atomic E-state index is 13.6. The third kappa shape index (κ3) is 3.72. The van der Waals surface area contributed by atoms with Gasteiger partial charge in [0.1, 0.15) is 24.2 Å². The molecule has 0 bridgehead atoms.